The third-order valence-corrected chi connectivity index (χ3v) is 6.11. The van der Waals surface area contributed by atoms with Crippen LogP contribution in [0.2, 0.25) is 0 Å². The number of aromatic nitrogens is 2. The van der Waals surface area contributed by atoms with E-state index in [2.05, 4.69) is 26.1 Å². The van der Waals surface area contributed by atoms with E-state index in [1.807, 2.05) is 24.3 Å². The number of hydrogen-bond donors (Lipinski definition) is 0. The van der Waals surface area contributed by atoms with Crippen LogP contribution >= 0.6 is 27.3 Å². The predicted octanol–water partition coefficient (Wildman–Crippen LogP) is 4.60. The van der Waals surface area contributed by atoms with Gasteiger partial charge in [-0.1, -0.05) is 39.4 Å². The number of nitrogens with zero attached hydrogens (tertiary/aromatic N) is 3. The van der Waals surface area contributed by atoms with E-state index in [1.165, 1.54) is 28.4 Å². The summed E-state index contributed by atoms with van der Waals surface area (Å²) in [6.45, 7) is 1.78. The lowest BCUT2D eigenvalue weighted by atomic mass is 9.99. The van der Waals surface area contributed by atoms with Crippen molar-refractivity contribution in [3.05, 3.63) is 84.9 Å². The first kappa shape index (κ1) is 18.1. The third kappa shape index (κ3) is 2.80. The first-order valence-electron chi connectivity index (χ1n) is 8.59. The Balaban J connectivity index is 1.83. The molecule has 2 aromatic heterocycles. The van der Waals surface area contributed by atoms with Gasteiger partial charge >= 0.3 is 0 Å². The molecule has 1 aliphatic heterocycles. The van der Waals surface area contributed by atoms with E-state index in [0.717, 1.165) is 10.5 Å². The van der Waals surface area contributed by atoms with Crippen LogP contribution in [-0.4, -0.2) is 16.1 Å². The SMILES string of the molecule is Cc1nnc(N2C(=O)c3oc4ccc(F)cc4c(=O)c3C2c2ccc(Br)cc2)s1. The molecule has 0 spiro atoms. The minimum atomic E-state index is -0.748. The number of rotatable bonds is 2. The topological polar surface area (TPSA) is 76.3 Å². The molecule has 144 valence electrons. The van der Waals surface area contributed by atoms with E-state index < -0.39 is 23.2 Å². The van der Waals surface area contributed by atoms with Gasteiger partial charge in [0, 0.05) is 4.47 Å². The molecule has 2 aromatic carbocycles. The van der Waals surface area contributed by atoms with E-state index >= 15 is 0 Å². The molecule has 0 aliphatic carbocycles. The van der Waals surface area contributed by atoms with Gasteiger partial charge in [0.05, 0.1) is 17.0 Å². The van der Waals surface area contributed by atoms with Gasteiger partial charge in [-0.05, 0) is 42.8 Å². The van der Waals surface area contributed by atoms with Crippen LogP contribution in [0.1, 0.15) is 32.7 Å². The van der Waals surface area contributed by atoms with Crippen molar-refractivity contribution in [2.45, 2.75) is 13.0 Å². The molecular weight excluding hydrogens is 461 g/mol. The van der Waals surface area contributed by atoms with E-state index in [-0.39, 0.29) is 22.3 Å². The number of aryl methyl sites for hydroxylation is 1. The molecule has 0 saturated heterocycles. The molecule has 0 radical (unpaired) electrons. The highest BCUT2D eigenvalue weighted by Gasteiger charge is 2.45. The van der Waals surface area contributed by atoms with Crippen molar-refractivity contribution in [3.63, 3.8) is 0 Å². The zero-order valence-electron chi connectivity index (χ0n) is 14.8. The summed E-state index contributed by atoms with van der Waals surface area (Å²) in [5, 5.41) is 9.24. The Labute approximate surface area is 175 Å². The first-order valence-corrected chi connectivity index (χ1v) is 10.2. The summed E-state index contributed by atoms with van der Waals surface area (Å²) in [6.07, 6.45) is 0. The van der Waals surface area contributed by atoms with Crippen molar-refractivity contribution >= 4 is 49.3 Å². The molecule has 0 fully saturated rings. The Morgan fingerprint density at radius 3 is 2.59 bits per heavy atom. The molecule has 29 heavy (non-hydrogen) atoms. The number of carbonyl (C=O) groups is 1. The van der Waals surface area contributed by atoms with Gasteiger partial charge in [0.2, 0.25) is 10.9 Å². The van der Waals surface area contributed by atoms with Crippen molar-refractivity contribution in [3.8, 4) is 0 Å². The second kappa shape index (κ2) is 6.57. The second-order valence-electron chi connectivity index (χ2n) is 6.55. The van der Waals surface area contributed by atoms with Crippen LogP contribution < -0.4 is 10.3 Å². The van der Waals surface area contributed by atoms with Crippen molar-refractivity contribution < 1.29 is 13.6 Å². The van der Waals surface area contributed by atoms with Crippen LogP contribution in [0.4, 0.5) is 9.52 Å². The number of hydrogen-bond acceptors (Lipinski definition) is 6. The van der Waals surface area contributed by atoms with Crippen molar-refractivity contribution in [2.75, 3.05) is 4.90 Å². The largest absolute Gasteiger partial charge is 0.450 e. The minimum Gasteiger partial charge on any atom is -0.450 e. The summed E-state index contributed by atoms with van der Waals surface area (Å²) in [5.41, 5.74) is 0.596. The Hall–Kier alpha value is -2.91. The summed E-state index contributed by atoms with van der Waals surface area (Å²) < 4.78 is 20.4. The van der Waals surface area contributed by atoms with Crippen molar-refractivity contribution in [1.29, 1.82) is 0 Å². The Morgan fingerprint density at radius 2 is 1.90 bits per heavy atom. The number of benzene rings is 2. The van der Waals surface area contributed by atoms with Gasteiger partial charge in [0.15, 0.2) is 5.43 Å². The second-order valence-corrected chi connectivity index (χ2v) is 8.62. The van der Waals surface area contributed by atoms with Gasteiger partial charge < -0.3 is 4.42 Å². The fraction of sp³-hybridized carbons (Fsp3) is 0.100. The highest BCUT2D eigenvalue weighted by Crippen LogP contribution is 2.42. The highest BCUT2D eigenvalue weighted by molar-refractivity contribution is 9.10. The quantitative estimate of drug-likeness (QED) is 0.426. The number of amides is 1. The van der Waals surface area contributed by atoms with Crippen LogP contribution in [0.3, 0.4) is 0 Å². The maximum Gasteiger partial charge on any atom is 0.297 e. The Kier molecular flexibility index (Phi) is 4.11. The summed E-state index contributed by atoms with van der Waals surface area (Å²) in [7, 11) is 0. The molecule has 9 heteroatoms. The fourth-order valence-electron chi connectivity index (χ4n) is 3.49. The molecule has 6 nitrogen and oxygen atoms in total. The van der Waals surface area contributed by atoms with Gasteiger partial charge in [-0.25, -0.2) is 4.39 Å². The van der Waals surface area contributed by atoms with E-state index in [1.54, 1.807) is 6.92 Å². The number of fused-ring (bicyclic) bond motifs is 2. The number of halogens is 2. The van der Waals surface area contributed by atoms with Gasteiger partial charge in [0.1, 0.15) is 16.4 Å². The lowest BCUT2D eigenvalue weighted by Crippen LogP contribution is -2.29. The smallest absolute Gasteiger partial charge is 0.297 e. The van der Waals surface area contributed by atoms with Crippen LogP contribution in [0.15, 0.2) is 56.1 Å². The molecule has 1 atom stereocenters. The zero-order valence-corrected chi connectivity index (χ0v) is 17.3. The van der Waals surface area contributed by atoms with Crippen LogP contribution in [-0.2, 0) is 0 Å². The first-order chi connectivity index (χ1) is 13.9. The minimum absolute atomic E-state index is 0.0603. The standard InChI is InChI=1S/C20H11BrFN3O3S/c1-9-23-24-20(29-9)25-16(10-2-4-11(21)5-3-10)15-17(26)13-8-12(22)6-7-14(13)28-18(15)19(25)27/h2-8,16H,1H3. The lowest BCUT2D eigenvalue weighted by molar-refractivity contribution is 0.0970. The van der Waals surface area contributed by atoms with Gasteiger partial charge in [-0.2, -0.15) is 0 Å². The maximum atomic E-state index is 13.8. The maximum absolute atomic E-state index is 13.8. The molecule has 1 amide bonds. The molecule has 1 aliphatic rings. The number of anilines is 1. The zero-order chi connectivity index (χ0) is 20.3. The highest BCUT2D eigenvalue weighted by atomic mass is 79.9. The van der Waals surface area contributed by atoms with Gasteiger partial charge in [-0.15, -0.1) is 10.2 Å². The average molecular weight is 472 g/mol. The number of carbonyl (C=O) groups excluding carboxylic acids is 1. The predicted molar refractivity (Wildman–Crippen MR) is 110 cm³/mol. The van der Waals surface area contributed by atoms with Gasteiger partial charge in [0.25, 0.3) is 5.91 Å². The molecule has 3 heterocycles. The van der Waals surface area contributed by atoms with Crippen LogP contribution in [0.5, 0.6) is 0 Å². The summed E-state index contributed by atoms with van der Waals surface area (Å²) >= 11 is 4.64. The molecule has 4 aromatic rings. The van der Waals surface area contributed by atoms with Crippen LogP contribution in [0.25, 0.3) is 11.0 Å². The molecule has 0 bridgehead atoms. The molecule has 0 saturated carbocycles. The summed E-state index contributed by atoms with van der Waals surface area (Å²) in [5.74, 6) is -1.09. The van der Waals surface area contributed by atoms with Crippen molar-refractivity contribution in [2.24, 2.45) is 0 Å². The van der Waals surface area contributed by atoms with E-state index in [9.17, 15) is 14.0 Å². The monoisotopic (exact) mass is 471 g/mol. The lowest BCUT2D eigenvalue weighted by Gasteiger charge is -2.22. The fourth-order valence-corrected chi connectivity index (χ4v) is 4.46. The average Bonchev–Trinajstić information content (AvgIpc) is 3.25. The molecule has 0 N–H and O–H groups in total. The third-order valence-electron chi connectivity index (χ3n) is 4.74. The van der Waals surface area contributed by atoms with E-state index in [4.69, 9.17) is 4.42 Å². The normalized spacial score (nSPS) is 15.9. The van der Waals surface area contributed by atoms with Crippen LogP contribution in [0, 0.1) is 12.7 Å². The summed E-state index contributed by atoms with van der Waals surface area (Å²) in [6, 6.07) is 10.2. The molecule has 5 rings (SSSR count). The molecular formula is C20H11BrFN3O3S. The molecule has 1 unspecified atom stereocenters. The van der Waals surface area contributed by atoms with E-state index in [0.29, 0.717) is 15.7 Å². The Morgan fingerprint density at radius 1 is 1.14 bits per heavy atom. The summed E-state index contributed by atoms with van der Waals surface area (Å²) in [4.78, 5) is 28.0. The van der Waals surface area contributed by atoms with Crippen molar-refractivity contribution in [1.82, 2.24) is 10.2 Å². The Bertz CT molecular complexity index is 1350. The van der Waals surface area contributed by atoms with Gasteiger partial charge in [-0.3, -0.25) is 14.5 Å².